The summed E-state index contributed by atoms with van der Waals surface area (Å²) in [6.45, 7) is -0.729. The molecule has 0 unspecified atom stereocenters. The highest BCUT2D eigenvalue weighted by atomic mass is 32.2. The molecule has 1 atom stereocenters. The summed E-state index contributed by atoms with van der Waals surface area (Å²) in [5.41, 5.74) is 1.49. The van der Waals surface area contributed by atoms with Crippen molar-refractivity contribution in [2.75, 3.05) is 25.1 Å². The van der Waals surface area contributed by atoms with Gasteiger partial charge < -0.3 is 19.7 Å². The number of hydrogen-bond donors (Lipinski definition) is 1. The second-order valence-electron chi connectivity index (χ2n) is 12.1. The predicted octanol–water partition coefficient (Wildman–Crippen LogP) is 6.13. The van der Waals surface area contributed by atoms with Crippen LogP contribution in [0.4, 0.5) is 10.1 Å². The van der Waals surface area contributed by atoms with Crippen molar-refractivity contribution < 1.29 is 31.9 Å². The van der Waals surface area contributed by atoms with Gasteiger partial charge >= 0.3 is 0 Å². The monoisotopic (exact) mass is 687 g/mol. The van der Waals surface area contributed by atoms with E-state index in [0.29, 0.717) is 11.3 Å². The molecule has 2 amide bonds. The number of carbonyl (C=O) groups is 2. The van der Waals surface area contributed by atoms with Gasteiger partial charge in [0.05, 0.1) is 24.8 Å². The Hall–Kier alpha value is -4.90. The minimum absolute atomic E-state index is 0.0294. The van der Waals surface area contributed by atoms with Gasteiger partial charge in [0.25, 0.3) is 10.0 Å². The third kappa shape index (κ3) is 8.97. The fraction of sp³-hybridized carbons (Fsp3) is 0.316. The van der Waals surface area contributed by atoms with E-state index >= 15 is 0 Å². The molecule has 49 heavy (non-hydrogen) atoms. The van der Waals surface area contributed by atoms with Crippen LogP contribution in [-0.2, 0) is 32.6 Å². The van der Waals surface area contributed by atoms with Crippen LogP contribution >= 0.6 is 0 Å². The lowest BCUT2D eigenvalue weighted by Gasteiger charge is -2.35. The van der Waals surface area contributed by atoms with Crippen molar-refractivity contribution in [2.24, 2.45) is 0 Å². The molecule has 1 fully saturated rings. The Labute approximate surface area is 287 Å². The Kier molecular flexibility index (Phi) is 11.9. The van der Waals surface area contributed by atoms with E-state index in [0.717, 1.165) is 42.0 Å². The average Bonchev–Trinajstić information content (AvgIpc) is 3.13. The molecular formula is C38H42FN3O6S. The standard InChI is InChI=1S/C38H42FN3O6S/c1-47-32-22-23-36(48-2)34(25-32)42(49(45,46)33-16-10-5-11-17-33)27-37(43)41(26-29-18-20-30(39)21-19-29)35(24-28-12-6-3-7-13-28)38(44)40-31-14-8-4-9-15-31/h3,5-7,10-13,16-23,25,31,35H,4,8-9,14-15,24,26-27H2,1-2H3,(H,40,44)/t35-/m0/s1. The van der Waals surface area contributed by atoms with Gasteiger partial charge in [0.15, 0.2) is 0 Å². The van der Waals surface area contributed by atoms with Gasteiger partial charge in [-0.1, -0.05) is 79.9 Å². The minimum atomic E-state index is -4.35. The van der Waals surface area contributed by atoms with Crippen LogP contribution in [0, 0.1) is 5.82 Å². The number of ether oxygens (including phenoxy) is 2. The van der Waals surface area contributed by atoms with Crippen LogP contribution in [0.25, 0.3) is 0 Å². The molecule has 258 valence electrons. The van der Waals surface area contributed by atoms with E-state index in [1.165, 1.54) is 49.5 Å². The zero-order valence-corrected chi connectivity index (χ0v) is 28.6. The first-order valence-corrected chi connectivity index (χ1v) is 17.8. The van der Waals surface area contributed by atoms with Crippen molar-refractivity contribution in [3.63, 3.8) is 0 Å². The van der Waals surface area contributed by atoms with Crippen LogP contribution in [0.3, 0.4) is 0 Å². The summed E-state index contributed by atoms with van der Waals surface area (Å²) in [7, 11) is -1.48. The molecule has 1 N–H and O–H groups in total. The Morgan fingerprint density at radius 2 is 1.49 bits per heavy atom. The van der Waals surface area contributed by atoms with E-state index in [4.69, 9.17) is 9.47 Å². The zero-order valence-electron chi connectivity index (χ0n) is 27.8. The van der Waals surface area contributed by atoms with Crippen LogP contribution < -0.4 is 19.1 Å². The molecule has 1 saturated carbocycles. The molecule has 0 radical (unpaired) electrons. The Morgan fingerprint density at radius 3 is 2.12 bits per heavy atom. The van der Waals surface area contributed by atoms with Crippen molar-refractivity contribution in [3.05, 3.63) is 120 Å². The normalized spacial score (nSPS) is 14.0. The lowest BCUT2D eigenvalue weighted by atomic mass is 9.94. The van der Waals surface area contributed by atoms with Gasteiger partial charge in [-0.3, -0.25) is 13.9 Å². The number of carbonyl (C=O) groups excluding carboxylic acids is 2. The summed E-state index contributed by atoms with van der Waals surface area (Å²) in [5.74, 6) is -0.846. The molecule has 1 aliphatic carbocycles. The van der Waals surface area contributed by atoms with Gasteiger partial charge in [0.2, 0.25) is 11.8 Å². The number of hydrogen-bond acceptors (Lipinski definition) is 6. The SMILES string of the molecule is COc1ccc(OC)c(N(CC(=O)N(Cc2ccc(F)cc2)[C@@H](Cc2ccccc2)C(=O)NC2CCCCC2)S(=O)(=O)c2ccccc2)c1. The molecule has 0 bridgehead atoms. The number of amides is 2. The van der Waals surface area contributed by atoms with Crippen LogP contribution in [0.2, 0.25) is 0 Å². The first-order chi connectivity index (χ1) is 23.7. The third-order valence-corrected chi connectivity index (χ3v) is 10.5. The van der Waals surface area contributed by atoms with E-state index in [2.05, 4.69) is 5.32 Å². The number of benzene rings is 4. The van der Waals surface area contributed by atoms with E-state index in [-0.39, 0.29) is 41.2 Å². The fourth-order valence-corrected chi connectivity index (χ4v) is 7.55. The summed E-state index contributed by atoms with van der Waals surface area (Å²) in [4.78, 5) is 30.4. The van der Waals surface area contributed by atoms with E-state index in [9.17, 15) is 22.4 Å². The van der Waals surface area contributed by atoms with Gasteiger partial charge in [-0.05, 0) is 60.4 Å². The molecule has 1 aliphatic rings. The molecule has 0 spiro atoms. The van der Waals surface area contributed by atoms with Crippen molar-refractivity contribution in [1.29, 1.82) is 0 Å². The highest BCUT2D eigenvalue weighted by molar-refractivity contribution is 7.92. The fourth-order valence-electron chi connectivity index (χ4n) is 6.11. The summed E-state index contributed by atoms with van der Waals surface area (Å²) >= 11 is 0. The van der Waals surface area contributed by atoms with Crippen LogP contribution in [0.15, 0.2) is 108 Å². The molecule has 4 aromatic carbocycles. The predicted molar refractivity (Wildman–Crippen MR) is 186 cm³/mol. The van der Waals surface area contributed by atoms with Crippen molar-refractivity contribution in [1.82, 2.24) is 10.2 Å². The molecule has 0 heterocycles. The highest BCUT2D eigenvalue weighted by Crippen LogP contribution is 2.36. The summed E-state index contributed by atoms with van der Waals surface area (Å²) in [6, 6.07) is 26.5. The Morgan fingerprint density at radius 1 is 0.837 bits per heavy atom. The van der Waals surface area contributed by atoms with E-state index in [1.54, 1.807) is 42.5 Å². The molecule has 4 aromatic rings. The molecular weight excluding hydrogens is 645 g/mol. The zero-order chi connectivity index (χ0) is 34.8. The van der Waals surface area contributed by atoms with Crippen molar-refractivity contribution >= 4 is 27.5 Å². The second kappa shape index (κ2) is 16.5. The summed E-state index contributed by atoms with van der Waals surface area (Å²) in [5, 5.41) is 3.18. The smallest absolute Gasteiger partial charge is 0.264 e. The van der Waals surface area contributed by atoms with Crippen molar-refractivity contribution in [3.8, 4) is 11.5 Å². The summed E-state index contributed by atoms with van der Waals surface area (Å²) in [6.07, 6.45) is 4.97. The number of halogens is 1. The molecule has 0 aliphatic heterocycles. The molecule has 9 nitrogen and oxygen atoms in total. The quantitative estimate of drug-likeness (QED) is 0.171. The Balaban J connectivity index is 1.60. The number of methoxy groups -OCH3 is 2. The number of sulfonamides is 1. The first-order valence-electron chi connectivity index (χ1n) is 16.4. The topological polar surface area (TPSA) is 105 Å². The summed E-state index contributed by atoms with van der Waals surface area (Å²) < 4.78 is 54.6. The van der Waals surface area contributed by atoms with E-state index < -0.39 is 34.3 Å². The number of anilines is 1. The van der Waals surface area contributed by atoms with E-state index in [1.807, 2.05) is 30.3 Å². The molecule has 0 aromatic heterocycles. The number of rotatable bonds is 14. The van der Waals surface area contributed by atoms with Gasteiger partial charge in [0.1, 0.15) is 29.9 Å². The molecule has 5 rings (SSSR count). The minimum Gasteiger partial charge on any atom is -0.497 e. The van der Waals surface area contributed by atoms with Gasteiger partial charge in [-0.2, -0.15) is 0 Å². The maximum atomic E-state index is 14.8. The first kappa shape index (κ1) is 35.4. The third-order valence-electron chi connectivity index (χ3n) is 8.75. The lowest BCUT2D eigenvalue weighted by molar-refractivity contribution is -0.140. The average molecular weight is 688 g/mol. The lowest BCUT2D eigenvalue weighted by Crippen LogP contribution is -2.55. The second-order valence-corrected chi connectivity index (χ2v) is 13.9. The Bertz CT molecular complexity index is 1800. The van der Waals surface area contributed by atoms with Crippen LogP contribution in [0.1, 0.15) is 43.2 Å². The van der Waals surface area contributed by atoms with Gasteiger partial charge in [-0.25, -0.2) is 12.8 Å². The largest absolute Gasteiger partial charge is 0.497 e. The molecule has 11 heteroatoms. The van der Waals surface area contributed by atoms with Crippen molar-refractivity contribution in [2.45, 2.75) is 62.0 Å². The maximum absolute atomic E-state index is 14.8. The number of nitrogens with one attached hydrogen (secondary N) is 1. The molecule has 0 saturated heterocycles. The highest BCUT2D eigenvalue weighted by Gasteiger charge is 2.36. The maximum Gasteiger partial charge on any atom is 0.264 e. The van der Waals surface area contributed by atoms with Crippen LogP contribution in [0.5, 0.6) is 11.5 Å². The van der Waals surface area contributed by atoms with Crippen LogP contribution in [-0.4, -0.2) is 58.0 Å². The van der Waals surface area contributed by atoms with Gasteiger partial charge in [-0.15, -0.1) is 0 Å². The number of nitrogens with zero attached hydrogens (tertiary/aromatic N) is 2. The van der Waals surface area contributed by atoms with Gasteiger partial charge in [0, 0.05) is 25.1 Å².